The van der Waals surface area contributed by atoms with E-state index in [9.17, 15) is 4.79 Å². The Morgan fingerprint density at radius 2 is 2.10 bits per heavy atom. The Kier molecular flexibility index (Phi) is 2.27. The third kappa shape index (κ3) is 1.70. The van der Waals surface area contributed by atoms with Gasteiger partial charge in [0.05, 0.1) is 12.0 Å². The van der Waals surface area contributed by atoms with Crippen LogP contribution >= 0.6 is 0 Å². The summed E-state index contributed by atoms with van der Waals surface area (Å²) < 4.78 is 0. The smallest absolute Gasteiger partial charge is 0.306 e. The molecular formula is C7H12O3. The topological polar surface area (TPSA) is 57.5 Å². The number of aliphatic hydroxyl groups excluding tert-OH is 1. The number of carbonyl (C=O) groups is 1. The maximum atomic E-state index is 10.4. The number of hydrogen-bond donors (Lipinski definition) is 2. The molecule has 1 fully saturated rings. The Balaban J connectivity index is 2.39. The maximum Gasteiger partial charge on any atom is 0.306 e. The average Bonchev–Trinajstić information content (AvgIpc) is 1.88. The lowest BCUT2D eigenvalue weighted by Crippen LogP contribution is -2.25. The Morgan fingerprint density at radius 1 is 1.40 bits per heavy atom. The zero-order valence-electron chi connectivity index (χ0n) is 5.79. The van der Waals surface area contributed by atoms with Gasteiger partial charge in [0.2, 0.25) is 0 Å². The van der Waals surface area contributed by atoms with Gasteiger partial charge in [-0.2, -0.15) is 0 Å². The minimum atomic E-state index is -0.765. The van der Waals surface area contributed by atoms with Crippen molar-refractivity contribution in [2.45, 2.75) is 31.8 Å². The highest BCUT2D eigenvalue weighted by Gasteiger charge is 2.25. The Bertz CT molecular complexity index is 133. The van der Waals surface area contributed by atoms with Crippen molar-refractivity contribution in [1.29, 1.82) is 0 Å². The lowest BCUT2D eigenvalue weighted by atomic mass is 9.92. The molecule has 2 N–H and O–H groups in total. The molecule has 0 saturated heterocycles. The predicted molar refractivity (Wildman–Crippen MR) is 35.6 cm³/mol. The van der Waals surface area contributed by atoms with Crippen molar-refractivity contribution in [3.63, 3.8) is 0 Å². The summed E-state index contributed by atoms with van der Waals surface area (Å²) in [6.45, 7) is 0. The average molecular weight is 145 g/mol. The number of rotatable bonds is 1. The Morgan fingerprint density at radius 3 is 2.50 bits per heavy atom. The van der Waals surface area contributed by atoms with Gasteiger partial charge in [-0.1, -0.05) is 6.42 Å². The Labute approximate surface area is 59.7 Å². The molecule has 1 aliphatic rings. The van der Waals surface area contributed by atoms with Gasteiger partial charge in [-0.05, 0) is 19.3 Å². The standard InChI is InChI=1S/C7H12O3/c8-6-3-1-2-5(4-6)7(9)10/h5-6,8H,1-4H2,(H,9,10)/t5-,6+/m0/s1/i7+1. The first kappa shape index (κ1) is 7.54. The minimum absolute atomic E-state index is 0.302. The Hall–Kier alpha value is -0.570. The zero-order valence-corrected chi connectivity index (χ0v) is 5.79. The van der Waals surface area contributed by atoms with Crippen LogP contribution in [0.15, 0.2) is 0 Å². The molecule has 0 aromatic rings. The summed E-state index contributed by atoms with van der Waals surface area (Å²) >= 11 is 0. The molecule has 0 aromatic carbocycles. The van der Waals surface area contributed by atoms with Crippen molar-refractivity contribution < 1.29 is 15.0 Å². The summed E-state index contributed by atoms with van der Waals surface area (Å²) in [7, 11) is 0. The fraction of sp³-hybridized carbons (Fsp3) is 0.857. The van der Waals surface area contributed by atoms with E-state index < -0.39 is 5.97 Å². The number of carboxylic acid groups (broad SMARTS) is 1. The number of aliphatic carboxylic acids is 1. The van der Waals surface area contributed by atoms with Crippen molar-refractivity contribution in [3.8, 4) is 0 Å². The van der Waals surface area contributed by atoms with Crippen LogP contribution in [-0.2, 0) is 4.79 Å². The second-order valence-corrected chi connectivity index (χ2v) is 2.86. The van der Waals surface area contributed by atoms with Gasteiger partial charge in [0.1, 0.15) is 0 Å². The molecule has 10 heavy (non-hydrogen) atoms. The third-order valence-electron chi connectivity index (χ3n) is 2.00. The molecule has 0 amide bonds. The van der Waals surface area contributed by atoms with Crippen molar-refractivity contribution in [3.05, 3.63) is 0 Å². The minimum Gasteiger partial charge on any atom is -0.481 e. The van der Waals surface area contributed by atoms with Crippen LogP contribution in [-0.4, -0.2) is 22.3 Å². The number of hydrogen-bond acceptors (Lipinski definition) is 2. The third-order valence-corrected chi connectivity index (χ3v) is 2.00. The molecule has 0 bridgehead atoms. The second kappa shape index (κ2) is 3.01. The molecular weight excluding hydrogens is 133 g/mol. The molecule has 0 aromatic heterocycles. The van der Waals surface area contributed by atoms with Gasteiger partial charge in [0.15, 0.2) is 0 Å². The van der Waals surface area contributed by atoms with Gasteiger partial charge in [-0.25, -0.2) is 0 Å². The van der Waals surface area contributed by atoms with E-state index in [0.29, 0.717) is 6.42 Å². The van der Waals surface area contributed by atoms with Crippen LogP contribution in [0.4, 0.5) is 0 Å². The van der Waals surface area contributed by atoms with Gasteiger partial charge >= 0.3 is 5.97 Å². The largest absolute Gasteiger partial charge is 0.481 e. The number of aliphatic hydroxyl groups is 1. The van der Waals surface area contributed by atoms with Gasteiger partial charge in [-0.15, -0.1) is 0 Å². The summed E-state index contributed by atoms with van der Waals surface area (Å²) in [5.41, 5.74) is 0. The SMILES string of the molecule is O=[13C](O)[C@H]1CCC[C@@H](O)C1. The molecule has 58 valence electrons. The summed E-state index contributed by atoms with van der Waals surface area (Å²) in [6, 6.07) is 0. The molecule has 0 radical (unpaired) electrons. The molecule has 3 nitrogen and oxygen atoms in total. The van der Waals surface area contributed by atoms with Crippen molar-refractivity contribution in [1.82, 2.24) is 0 Å². The van der Waals surface area contributed by atoms with Crippen molar-refractivity contribution >= 4 is 5.97 Å². The van der Waals surface area contributed by atoms with Crippen LogP contribution in [0.1, 0.15) is 25.7 Å². The van der Waals surface area contributed by atoms with E-state index in [-0.39, 0.29) is 12.0 Å². The van der Waals surface area contributed by atoms with E-state index in [4.69, 9.17) is 10.2 Å². The van der Waals surface area contributed by atoms with E-state index in [2.05, 4.69) is 0 Å². The normalized spacial score (nSPS) is 33.7. The van der Waals surface area contributed by atoms with E-state index in [1.807, 2.05) is 0 Å². The van der Waals surface area contributed by atoms with Crippen LogP contribution in [0.2, 0.25) is 0 Å². The summed E-state index contributed by atoms with van der Waals surface area (Å²) in [5, 5.41) is 17.6. The second-order valence-electron chi connectivity index (χ2n) is 2.86. The quantitative estimate of drug-likeness (QED) is 0.532. The first-order valence-corrected chi connectivity index (χ1v) is 3.61. The lowest BCUT2D eigenvalue weighted by Gasteiger charge is -2.21. The van der Waals surface area contributed by atoms with E-state index in [1.54, 1.807) is 0 Å². The van der Waals surface area contributed by atoms with Gasteiger partial charge in [-0.3, -0.25) is 4.79 Å². The lowest BCUT2D eigenvalue weighted by molar-refractivity contribution is -0.144. The highest BCUT2D eigenvalue weighted by Crippen LogP contribution is 2.23. The molecule has 2 atom stereocenters. The summed E-state index contributed by atoms with van der Waals surface area (Å²) in [4.78, 5) is 10.4. The van der Waals surface area contributed by atoms with Crippen LogP contribution in [0.5, 0.6) is 0 Å². The fourth-order valence-electron chi connectivity index (χ4n) is 1.39. The van der Waals surface area contributed by atoms with Crippen LogP contribution < -0.4 is 0 Å². The first-order valence-electron chi connectivity index (χ1n) is 3.61. The van der Waals surface area contributed by atoms with E-state index >= 15 is 0 Å². The zero-order chi connectivity index (χ0) is 7.56. The maximum absolute atomic E-state index is 10.4. The molecule has 3 heteroatoms. The highest BCUT2D eigenvalue weighted by atomic mass is 16.5. The van der Waals surface area contributed by atoms with E-state index in [1.165, 1.54) is 0 Å². The van der Waals surface area contributed by atoms with Crippen molar-refractivity contribution in [2.24, 2.45) is 5.92 Å². The summed E-state index contributed by atoms with van der Waals surface area (Å²) in [5.74, 6) is -1.07. The fourth-order valence-corrected chi connectivity index (χ4v) is 1.39. The molecule has 0 spiro atoms. The number of carboxylic acids is 1. The molecule has 0 unspecified atom stereocenters. The van der Waals surface area contributed by atoms with Gasteiger partial charge in [0.25, 0.3) is 0 Å². The van der Waals surface area contributed by atoms with Crippen molar-refractivity contribution in [2.75, 3.05) is 0 Å². The molecule has 0 aliphatic heterocycles. The molecule has 1 saturated carbocycles. The van der Waals surface area contributed by atoms with Gasteiger partial charge < -0.3 is 10.2 Å². The molecule has 1 rings (SSSR count). The molecule has 0 heterocycles. The van der Waals surface area contributed by atoms with E-state index in [0.717, 1.165) is 19.3 Å². The molecule has 1 aliphatic carbocycles. The first-order chi connectivity index (χ1) is 4.70. The van der Waals surface area contributed by atoms with Gasteiger partial charge in [0, 0.05) is 0 Å². The van der Waals surface area contributed by atoms with Crippen LogP contribution in [0, 0.1) is 5.92 Å². The highest BCUT2D eigenvalue weighted by molar-refractivity contribution is 5.70. The monoisotopic (exact) mass is 145 g/mol. The van der Waals surface area contributed by atoms with Crippen LogP contribution in [0.25, 0.3) is 0 Å². The predicted octanol–water partition coefficient (Wildman–Crippen LogP) is 0.622. The summed E-state index contributed by atoms with van der Waals surface area (Å²) in [6.07, 6.45) is 2.40. The van der Waals surface area contributed by atoms with Crippen LogP contribution in [0.3, 0.4) is 0 Å².